The molecule has 0 aliphatic rings. The molecule has 0 radical (unpaired) electrons. The molecule has 0 saturated heterocycles. The van der Waals surface area contributed by atoms with Crippen LogP contribution >= 0.6 is 0 Å². The van der Waals surface area contributed by atoms with Crippen LogP contribution in [0, 0.1) is 12.8 Å². The minimum absolute atomic E-state index is 0.507. The lowest BCUT2D eigenvalue weighted by molar-refractivity contribution is 0.260. The molecule has 0 spiro atoms. The molecule has 0 bridgehead atoms. The molecule has 0 saturated carbocycles. The zero-order valence-corrected chi connectivity index (χ0v) is 9.87. The van der Waals surface area contributed by atoms with Gasteiger partial charge in [0.25, 0.3) is 0 Å². The summed E-state index contributed by atoms with van der Waals surface area (Å²) in [7, 11) is 1.89. The molecule has 84 valence electrons. The Hall–Kier alpha value is -1.16. The lowest BCUT2D eigenvalue weighted by atomic mass is 10.2. The number of aromatic nitrogens is 2. The molecule has 0 aliphatic heterocycles. The van der Waals surface area contributed by atoms with Crippen molar-refractivity contribution in [1.82, 2.24) is 15.3 Å². The molecule has 4 nitrogen and oxygen atoms in total. The van der Waals surface area contributed by atoms with Gasteiger partial charge in [0.1, 0.15) is 5.82 Å². The monoisotopic (exact) mass is 209 g/mol. The summed E-state index contributed by atoms with van der Waals surface area (Å²) in [5.41, 5.74) is 0.962. The van der Waals surface area contributed by atoms with Crippen molar-refractivity contribution >= 4 is 0 Å². The first-order chi connectivity index (χ1) is 7.11. The van der Waals surface area contributed by atoms with E-state index >= 15 is 0 Å². The predicted octanol–water partition coefficient (Wildman–Crippen LogP) is 1.54. The quantitative estimate of drug-likeness (QED) is 0.799. The molecule has 1 rings (SSSR count). The van der Waals surface area contributed by atoms with Crippen molar-refractivity contribution < 1.29 is 4.74 Å². The maximum atomic E-state index is 5.56. The van der Waals surface area contributed by atoms with Crippen molar-refractivity contribution in [2.24, 2.45) is 5.92 Å². The third kappa shape index (κ3) is 4.25. The van der Waals surface area contributed by atoms with Crippen LogP contribution in [-0.4, -0.2) is 23.6 Å². The molecule has 0 aliphatic carbocycles. The minimum Gasteiger partial charge on any atom is -0.477 e. The van der Waals surface area contributed by atoms with E-state index in [1.54, 1.807) is 0 Å². The van der Waals surface area contributed by atoms with Gasteiger partial charge in [-0.05, 0) is 19.9 Å². The standard InChI is InChI=1S/C11H19N3O/c1-8(2)7-15-11-5-10(6-12-4)13-9(3)14-11/h5,8,12H,6-7H2,1-4H3. The van der Waals surface area contributed by atoms with Crippen molar-refractivity contribution in [1.29, 1.82) is 0 Å². The Morgan fingerprint density at radius 1 is 1.40 bits per heavy atom. The van der Waals surface area contributed by atoms with Gasteiger partial charge in [0.05, 0.1) is 12.3 Å². The van der Waals surface area contributed by atoms with Crippen molar-refractivity contribution in [2.45, 2.75) is 27.3 Å². The summed E-state index contributed by atoms with van der Waals surface area (Å²) in [4.78, 5) is 8.52. The number of hydrogen-bond acceptors (Lipinski definition) is 4. The van der Waals surface area contributed by atoms with E-state index < -0.39 is 0 Å². The van der Waals surface area contributed by atoms with Crippen LogP contribution < -0.4 is 10.1 Å². The molecule has 4 heteroatoms. The van der Waals surface area contributed by atoms with Crippen LogP contribution in [0.25, 0.3) is 0 Å². The Morgan fingerprint density at radius 3 is 2.73 bits per heavy atom. The Balaban J connectivity index is 2.70. The largest absolute Gasteiger partial charge is 0.477 e. The second kappa shape index (κ2) is 5.66. The van der Waals surface area contributed by atoms with Crippen LogP contribution in [0.1, 0.15) is 25.4 Å². The van der Waals surface area contributed by atoms with E-state index in [4.69, 9.17) is 4.74 Å². The molecule has 0 amide bonds. The fourth-order valence-electron chi connectivity index (χ4n) is 1.20. The predicted molar refractivity (Wildman–Crippen MR) is 59.9 cm³/mol. The third-order valence-corrected chi connectivity index (χ3v) is 1.79. The molecule has 15 heavy (non-hydrogen) atoms. The molecule has 0 fully saturated rings. The number of hydrogen-bond donors (Lipinski definition) is 1. The van der Waals surface area contributed by atoms with Gasteiger partial charge in [-0.25, -0.2) is 4.98 Å². The maximum Gasteiger partial charge on any atom is 0.216 e. The van der Waals surface area contributed by atoms with E-state index in [1.165, 1.54) is 0 Å². The van der Waals surface area contributed by atoms with Crippen LogP contribution in [0.4, 0.5) is 0 Å². The summed E-state index contributed by atoms with van der Waals surface area (Å²) in [5.74, 6) is 1.93. The molecule has 0 unspecified atom stereocenters. The highest BCUT2D eigenvalue weighted by molar-refractivity contribution is 5.16. The van der Waals surface area contributed by atoms with Crippen LogP contribution in [0.5, 0.6) is 5.88 Å². The first kappa shape index (κ1) is 11.9. The zero-order chi connectivity index (χ0) is 11.3. The summed E-state index contributed by atoms with van der Waals surface area (Å²) in [6, 6.07) is 1.88. The molecule has 1 aromatic rings. The maximum absolute atomic E-state index is 5.56. The van der Waals surface area contributed by atoms with E-state index in [0.29, 0.717) is 18.4 Å². The Morgan fingerprint density at radius 2 is 2.13 bits per heavy atom. The molecular weight excluding hydrogens is 190 g/mol. The van der Waals surface area contributed by atoms with Gasteiger partial charge in [0, 0.05) is 12.6 Å². The van der Waals surface area contributed by atoms with Crippen LogP contribution in [0.15, 0.2) is 6.07 Å². The summed E-state index contributed by atoms with van der Waals surface area (Å²) >= 11 is 0. The minimum atomic E-state index is 0.507. The average Bonchev–Trinajstić information content (AvgIpc) is 2.14. The SMILES string of the molecule is CNCc1cc(OCC(C)C)nc(C)n1. The topological polar surface area (TPSA) is 47.0 Å². The average molecular weight is 209 g/mol. The normalized spacial score (nSPS) is 10.7. The van der Waals surface area contributed by atoms with E-state index in [-0.39, 0.29) is 0 Å². The lowest BCUT2D eigenvalue weighted by Crippen LogP contribution is -2.11. The van der Waals surface area contributed by atoms with Crippen LogP contribution in [0.2, 0.25) is 0 Å². The van der Waals surface area contributed by atoms with Gasteiger partial charge in [0.15, 0.2) is 0 Å². The third-order valence-electron chi connectivity index (χ3n) is 1.79. The fourth-order valence-corrected chi connectivity index (χ4v) is 1.20. The summed E-state index contributed by atoms with van der Waals surface area (Å²) in [6.07, 6.45) is 0. The van der Waals surface area contributed by atoms with E-state index in [9.17, 15) is 0 Å². The number of rotatable bonds is 5. The van der Waals surface area contributed by atoms with Gasteiger partial charge in [-0.2, -0.15) is 4.98 Å². The van der Waals surface area contributed by atoms with E-state index in [0.717, 1.165) is 18.1 Å². The van der Waals surface area contributed by atoms with Crippen molar-refractivity contribution in [2.75, 3.05) is 13.7 Å². The summed E-state index contributed by atoms with van der Waals surface area (Å²) in [5, 5.41) is 3.06. The molecular formula is C11H19N3O. The number of aryl methyl sites for hydroxylation is 1. The number of nitrogens with zero attached hydrogens (tertiary/aromatic N) is 2. The highest BCUT2D eigenvalue weighted by atomic mass is 16.5. The van der Waals surface area contributed by atoms with Crippen LogP contribution in [-0.2, 0) is 6.54 Å². The summed E-state index contributed by atoms with van der Waals surface area (Å²) < 4.78 is 5.56. The van der Waals surface area contributed by atoms with Crippen molar-refractivity contribution in [3.63, 3.8) is 0 Å². The zero-order valence-electron chi connectivity index (χ0n) is 9.87. The first-order valence-corrected chi connectivity index (χ1v) is 5.23. The first-order valence-electron chi connectivity index (χ1n) is 5.23. The van der Waals surface area contributed by atoms with Gasteiger partial charge in [0.2, 0.25) is 5.88 Å². The van der Waals surface area contributed by atoms with Gasteiger partial charge in [-0.3, -0.25) is 0 Å². The summed E-state index contributed by atoms with van der Waals surface area (Å²) in [6.45, 7) is 7.53. The molecule has 0 atom stereocenters. The van der Waals surface area contributed by atoms with Gasteiger partial charge in [-0.15, -0.1) is 0 Å². The Labute approximate surface area is 91.1 Å². The Kier molecular flexibility index (Phi) is 4.49. The lowest BCUT2D eigenvalue weighted by Gasteiger charge is -2.09. The molecule has 1 N–H and O–H groups in total. The van der Waals surface area contributed by atoms with Gasteiger partial charge < -0.3 is 10.1 Å². The van der Waals surface area contributed by atoms with Crippen molar-refractivity contribution in [3.8, 4) is 5.88 Å². The van der Waals surface area contributed by atoms with E-state index in [2.05, 4.69) is 29.1 Å². The molecule has 1 aromatic heterocycles. The van der Waals surface area contributed by atoms with E-state index in [1.807, 2.05) is 20.0 Å². The molecule has 1 heterocycles. The van der Waals surface area contributed by atoms with Crippen molar-refractivity contribution in [3.05, 3.63) is 17.6 Å². The van der Waals surface area contributed by atoms with Gasteiger partial charge in [-0.1, -0.05) is 13.8 Å². The second-order valence-electron chi connectivity index (χ2n) is 3.98. The number of ether oxygens (including phenoxy) is 1. The van der Waals surface area contributed by atoms with Gasteiger partial charge >= 0.3 is 0 Å². The number of nitrogens with one attached hydrogen (secondary N) is 1. The highest BCUT2D eigenvalue weighted by Crippen LogP contribution is 2.10. The fraction of sp³-hybridized carbons (Fsp3) is 0.636. The second-order valence-corrected chi connectivity index (χ2v) is 3.98. The molecule has 0 aromatic carbocycles. The smallest absolute Gasteiger partial charge is 0.216 e. The highest BCUT2D eigenvalue weighted by Gasteiger charge is 2.03. The Bertz CT molecular complexity index is 313. The van der Waals surface area contributed by atoms with Crippen LogP contribution in [0.3, 0.4) is 0 Å².